The van der Waals surface area contributed by atoms with Gasteiger partial charge in [0, 0.05) is 0 Å². The van der Waals surface area contributed by atoms with Crippen molar-refractivity contribution < 1.29 is 43.4 Å². The van der Waals surface area contributed by atoms with Gasteiger partial charge in [0.1, 0.15) is 36.8 Å². The Kier molecular flexibility index (Phi) is 19.9. The first-order valence-electron chi connectivity index (χ1n) is 14.1. The molecule has 6 amide bonds. The van der Waals surface area contributed by atoms with Crippen LogP contribution in [0.25, 0.3) is 0 Å². The van der Waals surface area contributed by atoms with Gasteiger partial charge in [-0.25, -0.2) is 4.79 Å². The number of hydrogen-bond donors (Lipinski definition) is 7. The molecule has 252 valence electrons. The molecular formula is C27H48N6O9S2. The number of nitrogens with one attached hydrogen (secondary N) is 6. The van der Waals surface area contributed by atoms with Gasteiger partial charge in [-0.1, -0.05) is 13.8 Å². The molecule has 0 spiro atoms. The molecule has 0 aliphatic rings. The minimum Gasteiger partial charge on any atom is -0.480 e. The highest BCUT2D eigenvalue weighted by atomic mass is 32.2. The monoisotopic (exact) mass is 664 g/mol. The quantitative estimate of drug-likeness (QED) is 0.0906. The number of rotatable bonds is 20. The number of carbonyl (C=O) groups is 7. The molecule has 0 aromatic heterocycles. The number of carboxylic acids is 1. The maximum Gasteiger partial charge on any atom is 0.408 e. The van der Waals surface area contributed by atoms with Gasteiger partial charge in [-0.2, -0.15) is 23.5 Å². The van der Waals surface area contributed by atoms with Crippen molar-refractivity contribution in [3.05, 3.63) is 0 Å². The molecule has 7 N–H and O–H groups in total. The fraction of sp³-hybridized carbons (Fsp3) is 0.741. The van der Waals surface area contributed by atoms with E-state index in [-0.39, 0.29) is 25.2 Å². The zero-order chi connectivity index (χ0) is 33.9. The van der Waals surface area contributed by atoms with E-state index in [1.165, 1.54) is 23.5 Å². The van der Waals surface area contributed by atoms with E-state index in [4.69, 9.17) is 9.84 Å². The molecular weight excluding hydrogens is 616 g/mol. The van der Waals surface area contributed by atoms with E-state index in [9.17, 15) is 33.6 Å². The van der Waals surface area contributed by atoms with Crippen LogP contribution in [-0.4, -0.2) is 114 Å². The van der Waals surface area contributed by atoms with Crippen molar-refractivity contribution in [1.29, 1.82) is 0 Å². The van der Waals surface area contributed by atoms with Crippen molar-refractivity contribution in [2.24, 2.45) is 5.92 Å². The maximum absolute atomic E-state index is 13.2. The van der Waals surface area contributed by atoms with E-state index >= 15 is 0 Å². The molecule has 15 nitrogen and oxygen atoms in total. The Morgan fingerprint density at radius 2 is 1.14 bits per heavy atom. The van der Waals surface area contributed by atoms with Gasteiger partial charge in [0.2, 0.25) is 29.5 Å². The van der Waals surface area contributed by atoms with Crippen LogP contribution in [0.1, 0.15) is 53.9 Å². The van der Waals surface area contributed by atoms with E-state index < -0.39 is 85.0 Å². The first-order chi connectivity index (χ1) is 20.5. The highest BCUT2D eigenvalue weighted by molar-refractivity contribution is 7.98. The third-order valence-electron chi connectivity index (χ3n) is 5.49. The van der Waals surface area contributed by atoms with Gasteiger partial charge in [-0.15, -0.1) is 0 Å². The molecule has 0 aliphatic heterocycles. The lowest BCUT2D eigenvalue weighted by molar-refractivity contribution is -0.138. The van der Waals surface area contributed by atoms with Gasteiger partial charge in [0.05, 0.1) is 6.54 Å². The van der Waals surface area contributed by atoms with Crippen LogP contribution in [0.4, 0.5) is 4.79 Å². The number of alkyl carbamates (subject to hydrolysis) is 1. The Hall–Kier alpha value is -3.21. The second-order valence-electron chi connectivity index (χ2n) is 11.2. The molecule has 0 aromatic rings. The largest absolute Gasteiger partial charge is 0.480 e. The van der Waals surface area contributed by atoms with Gasteiger partial charge in [-0.3, -0.25) is 28.8 Å². The van der Waals surface area contributed by atoms with Gasteiger partial charge < -0.3 is 41.7 Å². The van der Waals surface area contributed by atoms with Crippen LogP contribution in [0.2, 0.25) is 0 Å². The third kappa shape index (κ3) is 19.9. The molecule has 3 atom stereocenters. The number of hydrogen-bond acceptors (Lipinski definition) is 10. The number of amides is 6. The summed E-state index contributed by atoms with van der Waals surface area (Å²) >= 11 is 2.89. The summed E-state index contributed by atoms with van der Waals surface area (Å²) in [6.07, 6.45) is 3.59. The summed E-state index contributed by atoms with van der Waals surface area (Å²) in [5.41, 5.74) is -0.750. The second kappa shape index (κ2) is 21.5. The van der Waals surface area contributed by atoms with Crippen LogP contribution >= 0.6 is 23.5 Å². The lowest BCUT2D eigenvalue weighted by Gasteiger charge is -2.24. The second-order valence-corrected chi connectivity index (χ2v) is 13.1. The average molecular weight is 665 g/mol. The molecule has 0 aromatic carbocycles. The van der Waals surface area contributed by atoms with Crippen LogP contribution in [-0.2, 0) is 33.5 Å². The van der Waals surface area contributed by atoms with Crippen LogP contribution in [0.15, 0.2) is 0 Å². The molecule has 0 rings (SSSR count). The lowest BCUT2D eigenvalue weighted by Crippen LogP contribution is -2.56. The van der Waals surface area contributed by atoms with Crippen molar-refractivity contribution >= 4 is 65.1 Å². The maximum atomic E-state index is 13.2. The lowest BCUT2D eigenvalue weighted by atomic mass is 10.0. The molecule has 44 heavy (non-hydrogen) atoms. The SMILES string of the molecule is CSCC[C@H](NC(=O)CNC(=O)[C@H](CCSC)NC(=O)[C@H](CC(C)C)NC(=O)CNC(=O)OC(C)(C)C)C(=O)NCC(=O)O. The van der Waals surface area contributed by atoms with Gasteiger partial charge in [0.25, 0.3) is 0 Å². The Labute approximate surface area is 267 Å². The molecule has 0 radical (unpaired) electrons. The smallest absolute Gasteiger partial charge is 0.408 e. The summed E-state index contributed by atoms with van der Waals surface area (Å²) in [4.78, 5) is 86.2. The van der Waals surface area contributed by atoms with E-state index in [1.807, 2.05) is 26.4 Å². The molecule has 0 saturated heterocycles. The zero-order valence-corrected chi connectivity index (χ0v) is 28.1. The predicted octanol–water partition coefficient (Wildman–Crippen LogP) is -0.165. The molecule has 0 heterocycles. The van der Waals surface area contributed by atoms with Crippen LogP contribution in [0.3, 0.4) is 0 Å². The Bertz CT molecular complexity index is 991. The number of aliphatic carboxylic acids is 1. The van der Waals surface area contributed by atoms with E-state index in [1.54, 1.807) is 20.8 Å². The number of ether oxygens (including phenoxy) is 1. The summed E-state index contributed by atoms with van der Waals surface area (Å²) < 4.78 is 5.10. The summed E-state index contributed by atoms with van der Waals surface area (Å²) in [5.74, 6) is -3.41. The zero-order valence-electron chi connectivity index (χ0n) is 26.5. The highest BCUT2D eigenvalue weighted by Gasteiger charge is 2.28. The normalized spacial score (nSPS) is 13.1. The highest BCUT2D eigenvalue weighted by Crippen LogP contribution is 2.08. The minimum absolute atomic E-state index is 0.00112. The summed E-state index contributed by atoms with van der Waals surface area (Å²) in [7, 11) is 0. The third-order valence-corrected chi connectivity index (χ3v) is 6.78. The number of thioether (sulfide) groups is 2. The van der Waals surface area contributed by atoms with Crippen LogP contribution in [0, 0.1) is 5.92 Å². The Balaban J connectivity index is 5.32. The molecule has 0 fully saturated rings. The number of carbonyl (C=O) groups excluding carboxylic acids is 6. The van der Waals surface area contributed by atoms with Crippen molar-refractivity contribution in [2.45, 2.75) is 77.6 Å². The summed E-state index contributed by atoms with van der Waals surface area (Å²) in [6, 6.07) is -3.03. The number of carboxylic acid groups (broad SMARTS) is 1. The van der Waals surface area contributed by atoms with Crippen molar-refractivity contribution in [2.75, 3.05) is 43.7 Å². The molecule has 0 bridgehead atoms. The Morgan fingerprint density at radius 1 is 0.682 bits per heavy atom. The standard InChI is InChI=1S/C27H48N6O9S2/c1-16(2)12-19(32-21(35)14-30-26(41)42-27(3,4)5)25(40)33-18(9-11-44-7)24(39)28-13-20(34)31-17(8-10-43-6)23(38)29-15-22(36)37/h16-19H,8-15H2,1-7H3,(H,28,39)(H,29,38)(H,30,41)(H,31,34)(H,32,35)(H,33,40)(H,36,37)/t17-,18-,19-/m0/s1. The molecule has 17 heteroatoms. The van der Waals surface area contributed by atoms with E-state index in [0.29, 0.717) is 11.5 Å². The Morgan fingerprint density at radius 3 is 1.59 bits per heavy atom. The summed E-state index contributed by atoms with van der Waals surface area (Å²) in [5, 5.41) is 23.6. The van der Waals surface area contributed by atoms with E-state index in [2.05, 4.69) is 31.9 Å². The van der Waals surface area contributed by atoms with Crippen molar-refractivity contribution in [3.8, 4) is 0 Å². The van der Waals surface area contributed by atoms with Gasteiger partial charge >= 0.3 is 12.1 Å². The minimum atomic E-state index is -1.23. The van der Waals surface area contributed by atoms with Crippen LogP contribution < -0.4 is 31.9 Å². The molecule has 0 aliphatic carbocycles. The molecule has 0 unspecified atom stereocenters. The predicted molar refractivity (Wildman–Crippen MR) is 169 cm³/mol. The van der Waals surface area contributed by atoms with Crippen LogP contribution in [0.5, 0.6) is 0 Å². The van der Waals surface area contributed by atoms with Crippen molar-refractivity contribution in [3.63, 3.8) is 0 Å². The van der Waals surface area contributed by atoms with E-state index in [0.717, 1.165) is 0 Å². The van der Waals surface area contributed by atoms with Gasteiger partial charge in [-0.05, 0) is 70.0 Å². The van der Waals surface area contributed by atoms with Gasteiger partial charge in [0.15, 0.2) is 0 Å². The first-order valence-corrected chi connectivity index (χ1v) is 16.9. The topological polar surface area (TPSA) is 221 Å². The fourth-order valence-corrected chi connectivity index (χ4v) is 4.46. The summed E-state index contributed by atoms with van der Waals surface area (Å²) in [6.45, 7) is 7.24. The average Bonchev–Trinajstić information content (AvgIpc) is 2.91. The van der Waals surface area contributed by atoms with Crippen molar-refractivity contribution in [1.82, 2.24) is 31.9 Å². The first kappa shape index (κ1) is 40.8. The fourth-order valence-electron chi connectivity index (χ4n) is 3.52. The molecule has 0 saturated carbocycles.